The van der Waals surface area contributed by atoms with Gasteiger partial charge in [0.2, 0.25) is 0 Å². The number of methoxy groups -OCH3 is 2. The summed E-state index contributed by atoms with van der Waals surface area (Å²) in [5, 5.41) is 0. The Morgan fingerprint density at radius 1 is 1.36 bits per heavy atom. The molecule has 76 valence electrons. The molecule has 0 aliphatic rings. The number of ether oxygens (including phenoxy) is 2. The van der Waals surface area contributed by atoms with Crippen LogP contribution in [0.2, 0.25) is 0 Å². The highest BCUT2D eigenvalue weighted by atomic mass is 16.5. The molecular weight excluding hydrogens is 184 g/mol. The van der Waals surface area contributed by atoms with E-state index in [1.807, 2.05) is 0 Å². The molecule has 14 heavy (non-hydrogen) atoms. The maximum Gasteiger partial charge on any atom is 0.338 e. The maximum atomic E-state index is 11.2. The van der Waals surface area contributed by atoms with Gasteiger partial charge in [-0.3, -0.25) is 5.84 Å². The van der Waals surface area contributed by atoms with Gasteiger partial charge in [-0.2, -0.15) is 0 Å². The minimum atomic E-state index is -0.430. The highest BCUT2D eigenvalue weighted by Gasteiger charge is 2.08. The van der Waals surface area contributed by atoms with Crippen LogP contribution in [0.5, 0.6) is 5.75 Å². The second-order valence-electron chi connectivity index (χ2n) is 2.59. The molecule has 0 saturated carbocycles. The highest BCUT2D eigenvalue weighted by molar-refractivity contribution is 5.91. The lowest BCUT2D eigenvalue weighted by atomic mass is 10.2. The summed E-state index contributed by atoms with van der Waals surface area (Å²) in [4.78, 5) is 11.2. The molecule has 0 spiro atoms. The molecule has 0 aliphatic carbocycles. The lowest BCUT2D eigenvalue weighted by Gasteiger charge is -2.06. The highest BCUT2D eigenvalue weighted by Crippen LogP contribution is 2.20. The molecule has 3 N–H and O–H groups in total. The Morgan fingerprint density at radius 3 is 2.57 bits per heavy atom. The standard InChI is InChI=1S/C9H12N2O3/c1-13-8-4-6(9(12)14-2)3-7(5-8)11-10/h3-5,11H,10H2,1-2H3. The number of hydrogen-bond donors (Lipinski definition) is 2. The maximum absolute atomic E-state index is 11.2. The van der Waals surface area contributed by atoms with E-state index in [0.29, 0.717) is 17.0 Å². The summed E-state index contributed by atoms with van der Waals surface area (Å²) < 4.78 is 9.56. The van der Waals surface area contributed by atoms with E-state index < -0.39 is 5.97 Å². The van der Waals surface area contributed by atoms with E-state index in [1.54, 1.807) is 18.2 Å². The predicted molar refractivity (Wildman–Crippen MR) is 52.1 cm³/mol. The second-order valence-corrected chi connectivity index (χ2v) is 2.59. The SMILES string of the molecule is COC(=O)c1cc(NN)cc(OC)c1. The number of rotatable bonds is 3. The van der Waals surface area contributed by atoms with E-state index in [0.717, 1.165) is 0 Å². The first-order valence-electron chi connectivity index (χ1n) is 3.95. The fourth-order valence-corrected chi connectivity index (χ4v) is 1.04. The number of anilines is 1. The average molecular weight is 196 g/mol. The van der Waals surface area contributed by atoms with Crippen molar-refractivity contribution < 1.29 is 14.3 Å². The van der Waals surface area contributed by atoms with Crippen molar-refractivity contribution in [3.63, 3.8) is 0 Å². The number of carbonyl (C=O) groups excluding carboxylic acids is 1. The molecule has 5 nitrogen and oxygen atoms in total. The quantitative estimate of drug-likeness (QED) is 0.424. The second kappa shape index (κ2) is 4.48. The summed E-state index contributed by atoms with van der Waals surface area (Å²) in [5.41, 5.74) is 3.41. The molecule has 0 saturated heterocycles. The molecule has 0 amide bonds. The van der Waals surface area contributed by atoms with Crippen molar-refractivity contribution >= 4 is 11.7 Å². The molecule has 0 aromatic heterocycles. The van der Waals surface area contributed by atoms with E-state index in [-0.39, 0.29) is 0 Å². The molecule has 5 heteroatoms. The molecule has 0 bridgehead atoms. The Bertz CT molecular complexity index is 317. The van der Waals surface area contributed by atoms with Crippen molar-refractivity contribution in [2.75, 3.05) is 19.6 Å². The Balaban J connectivity index is 3.10. The molecule has 0 atom stereocenters. The van der Waals surface area contributed by atoms with E-state index in [1.165, 1.54) is 14.2 Å². The van der Waals surface area contributed by atoms with Crippen LogP contribution in [0, 0.1) is 0 Å². The number of carbonyl (C=O) groups is 1. The van der Waals surface area contributed by atoms with Gasteiger partial charge in [0.15, 0.2) is 0 Å². The first kappa shape index (κ1) is 10.3. The van der Waals surface area contributed by atoms with Crippen LogP contribution >= 0.6 is 0 Å². The number of esters is 1. The predicted octanol–water partition coefficient (Wildman–Crippen LogP) is 0.767. The van der Waals surface area contributed by atoms with Gasteiger partial charge in [0.25, 0.3) is 0 Å². The van der Waals surface area contributed by atoms with E-state index >= 15 is 0 Å². The molecular formula is C9H12N2O3. The Hall–Kier alpha value is -1.75. The zero-order chi connectivity index (χ0) is 10.6. The minimum absolute atomic E-state index is 0.389. The molecule has 0 aliphatic heterocycles. The van der Waals surface area contributed by atoms with Gasteiger partial charge >= 0.3 is 5.97 Å². The van der Waals surface area contributed by atoms with Crippen molar-refractivity contribution in [3.05, 3.63) is 23.8 Å². The van der Waals surface area contributed by atoms with Gasteiger partial charge in [-0.25, -0.2) is 4.79 Å². The van der Waals surface area contributed by atoms with Crippen LogP contribution in [0.3, 0.4) is 0 Å². The number of nitrogen functional groups attached to an aromatic ring is 1. The first-order valence-corrected chi connectivity index (χ1v) is 3.95. The zero-order valence-corrected chi connectivity index (χ0v) is 8.03. The van der Waals surface area contributed by atoms with Crippen LogP contribution in [-0.2, 0) is 4.74 Å². The summed E-state index contributed by atoms with van der Waals surface area (Å²) in [6, 6.07) is 4.83. The number of nitrogens with one attached hydrogen (secondary N) is 1. The summed E-state index contributed by atoms with van der Waals surface area (Å²) in [6.07, 6.45) is 0. The average Bonchev–Trinajstić information content (AvgIpc) is 2.27. The summed E-state index contributed by atoms with van der Waals surface area (Å²) in [6.45, 7) is 0. The lowest BCUT2D eigenvalue weighted by Crippen LogP contribution is -2.09. The van der Waals surface area contributed by atoms with Crippen molar-refractivity contribution in [2.45, 2.75) is 0 Å². The van der Waals surface area contributed by atoms with Crippen LogP contribution in [0.15, 0.2) is 18.2 Å². The van der Waals surface area contributed by atoms with Crippen molar-refractivity contribution in [1.29, 1.82) is 0 Å². The summed E-state index contributed by atoms with van der Waals surface area (Å²) in [7, 11) is 2.83. The Morgan fingerprint density at radius 2 is 2.07 bits per heavy atom. The van der Waals surface area contributed by atoms with Crippen molar-refractivity contribution in [3.8, 4) is 5.75 Å². The van der Waals surface area contributed by atoms with E-state index in [2.05, 4.69) is 10.2 Å². The van der Waals surface area contributed by atoms with Crippen molar-refractivity contribution in [2.24, 2.45) is 5.84 Å². The van der Waals surface area contributed by atoms with Gasteiger partial charge in [-0.05, 0) is 12.1 Å². The molecule has 0 unspecified atom stereocenters. The monoisotopic (exact) mass is 196 g/mol. The normalized spacial score (nSPS) is 9.36. The zero-order valence-electron chi connectivity index (χ0n) is 8.03. The Kier molecular flexibility index (Phi) is 3.30. The molecule has 0 radical (unpaired) electrons. The number of hydrazine groups is 1. The van der Waals surface area contributed by atoms with Gasteiger partial charge in [-0.15, -0.1) is 0 Å². The lowest BCUT2D eigenvalue weighted by molar-refractivity contribution is 0.0600. The van der Waals surface area contributed by atoms with Gasteiger partial charge < -0.3 is 14.9 Å². The number of benzene rings is 1. The third-order valence-electron chi connectivity index (χ3n) is 1.73. The van der Waals surface area contributed by atoms with Crippen LogP contribution in [-0.4, -0.2) is 20.2 Å². The summed E-state index contributed by atoms with van der Waals surface area (Å²) in [5.74, 6) is 5.34. The fraction of sp³-hybridized carbons (Fsp3) is 0.222. The molecule has 0 heterocycles. The summed E-state index contributed by atoms with van der Waals surface area (Å²) >= 11 is 0. The van der Waals surface area contributed by atoms with E-state index in [4.69, 9.17) is 10.6 Å². The third kappa shape index (κ3) is 2.14. The fourth-order valence-electron chi connectivity index (χ4n) is 1.04. The molecule has 1 rings (SSSR count). The Labute approximate surface area is 81.8 Å². The van der Waals surface area contributed by atoms with Gasteiger partial charge in [-0.1, -0.05) is 0 Å². The van der Waals surface area contributed by atoms with Gasteiger partial charge in [0, 0.05) is 6.07 Å². The van der Waals surface area contributed by atoms with Crippen LogP contribution in [0.25, 0.3) is 0 Å². The van der Waals surface area contributed by atoms with Crippen molar-refractivity contribution in [1.82, 2.24) is 0 Å². The molecule has 0 fully saturated rings. The van der Waals surface area contributed by atoms with Crippen LogP contribution < -0.4 is 16.0 Å². The first-order chi connectivity index (χ1) is 6.71. The molecule has 1 aromatic carbocycles. The number of hydrogen-bond acceptors (Lipinski definition) is 5. The largest absolute Gasteiger partial charge is 0.497 e. The van der Waals surface area contributed by atoms with Gasteiger partial charge in [0.05, 0.1) is 25.5 Å². The topological polar surface area (TPSA) is 73.6 Å². The number of nitrogens with two attached hydrogens (primary N) is 1. The molecule has 1 aromatic rings. The smallest absolute Gasteiger partial charge is 0.338 e. The van der Waals surface area contributed by atoms with Crippen LogP contribution in [0.1, 0.15) is 10.4 Å². The van der Waals surface area contributed by atoms with Gasteiger partial charge in [0.1, 0.15) is 5.75 Å². The van der Waals surface area contributed by atoms with E-state index in [9.17, 15) is 4.79 Å². The third-order valence-corrected chi connectivity index (χ3v) is 1.73. The van der Waals surface area contributed by atoms with Crippen LogP contribution in [0.4, 0.5) is 5.69 Å². The minimum Gasteiger partial charge on any atom is -0.497 e.